The summed E-state index contributed by atoms with van der Waals surface area (Å²) in [6.07, 6.45) is 0. The summed E-state index contributed by atoms with van der Waals surface area (Å²) in [6, 6.07) is 14.7. The molecule has 2 aromatic carbocycles. The summed E-state index contributed by atoms with van der Waals surface area (Å²) in [6.45, 7) is 0.857. The lowest BCUT2D eigenvalue weighted by Gasteiger charge is -2.17. The van der Waals surface area contributed by atoms with E-state index in [0.717, 1.165) is 11.3 Å². The minimum Gasteiger partial charge on any atom is -0.496 e. The van der Waals surface area contributed by atoms with Crippen LogP contribution in [0.4, 0.5) is 0 Å². The number of guanidine groups is 1. The minimum atomic E-state index is -3.51. The summed E-state index contributed by atoms with van der Waals surface area (Å²) in [7, 11) is 2.83. The van der Waals surface area contributed by atoms with Gasteiger partial charge in [0.25, 0.3) is 0 Å². The lowest BCUT2D eigenvalue weighted by atomic mass is 10.2. The van der Waals surface area contributed by atoms with Crippen molar-refractivity contribution in [1.82, 2.24) is 14.9 Å². The molecular formula is C19H27IN4O3S. The van der Waals surface area contributed by atoms with Crippen LogP contribution in [-0.2, 0) is 23.1 Å². The van der Waals surface area contributed by atoms with Crippen molar-refractivity contribution in [3.63, 3.8) is 0 Å². The van der Waals surface area contributed by atoms with Crippen molar-refractivity contribution in [2.75, 3.05) is 28.3 Å². The molecule has 0 spiro atoms. The zero-order chi connectivity index (χ0) is 19.9. The van der Waals surface area contributed by atoms with Crippen molar-refractivity contribution < 1.29 is 13.2 Å². The van der Waals surface area contributed by atoms with E-state index < -0.39 is 10.0 Å². The zero-order valence-electron chi connectivity index (χ0n) is 16.5. The van der Waals surface area contributed by atoms with Crippen molar-refractivity contribution in [3.05, 3.63) is 59.7 Å². The SMILES string of the molecule is CN=C(NCc1ccccc1OC)NCc1ccccc1S(=O)(=O)N(C)C.I. The van der Waals surface area contributed by atoms with Crippen LogP contribution in [0.25, 0.3) is 0 Å². The van der Waals surface area contributed by atoms with Crippen LogP contribution in [0.2, 0.25) is 0 Å². The minimum absolute atomic E-state index is 0. The molecule has 2 aromatic rings. The van der Waals surface area contributed by atoms with Crippen LogP contribution in [-0.4, -0.2) is 46.9 Å². The quantitative estimate of drug-likeness (QED) is 0.334. The normalized spacial score (nSPS) is 11.7. The van der Waals surface area contributed by atoms with Crippen molar-refractivity contribution in [2.45, 2.75) is 18.0 Å². The second kappa shape index (κ2) is 11.2. The Morgan fingerprint density at radius 2 is 1.54 bits per heavy atom. The topological polar surface area (TPSA) is 83.0 Å². The third-order valence-electron chi connectivity index (χ3n) is 4.04. The molecule has 0 atom stereocenters. The molecule has 0 bridgehead atoms. The maximum Gasteiger partial charge on any atom is 0.242 e. The number of nitrogens with zero attached hydrogens (tertiary/aromatic N) is 2. The van der Waals surface area contributed by atoms with Gasteiger partial charge in [-0.2, -0.15) is 0 Å². The lowest BCUT2D eigenvalue weighted by molar-refractivity contribution is 0.409. The molecule has 0 fully saturated rings. The average molecular weight is 518 g/mol. The Bertz CT molecular complexity index is 902. The average Bonchev–Trinajstić information content (AvgIpc) is 2.68. The van der Waals surface area contributed by atoms with Gasteiger partial charge in [-0.3, -0.25) is 4.99 Å². The van der Waals surface area contributed by atoms with Gasteiger partial charge < -0.3 is 15.4 Å². The number of sulfonamides is 1. The number of rotatable bonds is 7. The maximum absolute atomic E-state index is 12.5. The monoisotopic (exact) mass is 518 g/mol. The Morgan fingerprint density at radius 1 is 1.00 bits per heavy atom. The third kappa shape index (κ3) is 6.08. The second-order valence-corrected chi connectivity index (χ2v) is 8.11. The summed E-state index contributed by atoms with van der Waals surface area (Å²) >= 11 is 0. The van der Waals surface area contributed by atoms with E-state index in [0.29, 0.717) is 24.6 Å². The predicted molar refractivity (Wildman–Crippen MR) is 123 cm³/mol. The standard InChI is InChI=1S/C19H26N4O3S.HI/c1-20-19(21-13-15-9-5-7-11-17(15)26-4)22-14-16-10-6-8-12-18(16)27(24,25)23(2)3;/h5-12H,13-14H2,1-4H3,(H2,20,21,22);1H. The van der Waals surface area contributed by atoms with Gasteiger partial charge in [-0.05, 0) is 17.7 Å². The molecule has 0 radical (unpaired) electrons. The van der Waals surface area contributed by atoms with Crippen molar-refractivity contribution in [2.24, 2.45) is 4.99 Å². The predicted octanol–water partition coefficient (Wildman–Crippen LogP) is 2.43. The molecule has 0 saturated carbocycles. The first kappa shape index (κ1) is 24.2. The van der Waals surface area contributed by atoms with Crippen LogP contribution in [0.5, 0.6) is 5.75 Å². The van der Waals surface area contributed by atoms with Gasteiger partial charge in [-0.1, -0.05) is 36.4 Å². The van der Waals surface area contributed by atoms with Crippen molar-refractivity contribution in [1.29, 1.82) is 0 Å². The molecule has 0 aliphatic rings. The molecule has 0 aliphatic heterocycles. The molecule has 2 rings (SSSR count). The van der Waals surface area contributed by atoms with E-state index in [2.05, 4.69) is 15.6 Å². The molecule has 0 aliphatic carbocycles. The van der Waals surface area contributed by atoms with E-state index in [1.54, 1.807) is 32.4 Å². The number of hydrogen-bond acceptors (Lipinski definition) is 4. The van der Waals surface area contributed by atoms with Gasteiger partial charge in [0, 0.05) is 39.8 Å². The number of hydrogen-bond donors (Lipinski definition) is 2. The number of aliphatic imine (C=N–C) groups is 1. The van der Waals surface area contributed by atoms with Gasteiger partial charge in [-0.15, -0.1) is 24.0 Å². The number of benzene rings is 2. The Hall–Kier alpha value is -1.85. The fraction of sp³-hybridized carbons (Fsp3) is 0.316. The largest absolute Gasteiger partial charge is 0.496 e. The zero-order valence-corrected chi connectivity index (χ0v) is 19.6. The Balaban J connectivity index is 0.00000392. The van der Waals surface area contributed by atoms with E-state index >= 15 is 0 Å². The first-order chi connectivity index (χ1) is 12.9. The van der Waals surface area contributed by atoms with Gasteiger partial charge in [-0.25, -0.2) is 12.7 Å². The Morgan fingerprint density at radius 3 is 2.11 bits per heavy atom. The van der Waals surface area contributed by atoms with E-state index in [4.69, 9.17) is 4.74 Å². The Kier molecular flexibility index (Phi) is 9.70. The van der Waals surface area contributed by atoms with Crippen molar-refractivity contribution in [3.8, 4) is 5.75 Å². The number of para-hydroxylation sites is 1. The molecule has 0 amide bonds. The molecule has 0 aromatic heterocycles. The maximum atomic E-state index is 12.5. The second-order valence-electron chi connectivity index (χ2n) is 5.99. The molecule has 0 saturated heterocycles. The highest BCUT2D eigenvalue weighted by Crippen LogP contribution is 2.18. The summed E-state index contributed by atoms with van der Waals surface area (Å²) in [5.74, 6) is 1.36. The molecule has 9 heteroatoms. The van der Waals surface area contributed by atoms with Crippen LogP contribution in [0.15, 0.2) is 58.4 Å². The molecule has 0 unspecified atom stereocenters. The van der Waals surface area contributed by atoms with Gasteiger partial charge in [0.1, 0.15) is 5.75 Å². The highest BCUT2D eigenvalue weighted by Gasteiger charge is 2.20. The van der Waals surface area contributed by atoms with E-state index in [9.17, 15) is 8.42 Å². The van der Waals surface area contributed by atoms with Crippen LogP contribution in [0, 0.1) is 0 Å². The van der Waals surface area contributed by atoms with Crippen LogP contribution in [0.3, 0.4) is 0 Å². The number of halogens is 1. The molecular weight excluding hydrogens is 491 g/mol. The number of methoxy groups -OCH3 is 1. The highest BCUT2D eigenvalue weighted by atomic mass is 127. The van der Waals surface area contributed by atoms with Gasteiger partial charge in [0.2, 0.25) is 10.0 Å². The summed E-state index contributed by atoms with van der Waals surface area (Å²) in [5, 5.41) is 6.37. The highest BCUT2D eigenvalue weighted by molar-refractivity contribution is 14.0. The van der Waals surface area contributed by atoms with Crippen LogP contribution < -0.4 is 15.4 Å². The molecule has 28 heavy (non-hydrogen) atoms. The third-order valence-corrected chi connectivity index (χ3v) is 5.96. The smallest absolute Gasteiger partial charge is 0.242 e. The fourth-order valence-electron chi connectivity index (χ4n) is 2.53. The van der Waals surface area contributed by atoms with Crippen molar-refractivity contribution >= 4 is 40.0 Å². The molecule has 2 N–H and O–H groups in total. The van der Waals surface area contributed by atoms with Gasteiger partial charge in [0.05, 0.1) is 12.0 Å². The lowest BCUT2D eigenvalue weighted by Crippen LogP contribution is -2.37. The number of nitrogens with one attached hydrogen (secondary N) is 2. The number of ether oxygens (including phenoxy) is 1. The van der Waals surface area contributed by atoms with Crippen LogP contribution in [0.1, 0.15) is 11.1 Å². The summed E-state index contributed by atoms with van der Waals surface area (Å²) < 4.78 is 31.5. The van der Waals surface area contributed by atoms with E-state index in [1.165, 1.54) is 18.4 Å². The fourth-order valence-corrected chi connectivity index (χ4v) is 3.64. The van der Waals surface area contributed by atoms with Gasteiger partial charge >= 0.3 is 0 Å². The first-order valence-corrected chi connectivity index (χ1v) is 9.91. The summed E-state index contributed by atoms with van der Waals surface area (Å²) in [5.41, 5.74) is 1.67. The Labute approximate surface area is 184 Å². The molecule has 0 heterocycles. The molecule has 7 nitrogen and oxygen atoms in total. The van der Waals surface area contributed by atoms with E-state index in [-0.39, 0.29) is 28.9 Å². The molecule has 154 valence electrons. The van der Waals surface area contributed by atoms with Crippen LogP contribution >= 0.6 is 24.0 Å². The van der Waals surface area contributed by atoms with Gasteiger partial charge in [0.15, 0.2) is 5.96 Å². The van der Waals surface area contributed by atoms with E-state index in [1.807, 2.05) is 30.3 Å². The summed E-state index contributed by atoms with van der Waals surface area (Å²) in [4.78, 5) is 4.47. The first-order valence-electron chi connectivity index (χ1n) is 8.47.